The molecule has 0 aliphatic carbocycles. The van der Waals surface area contributed by atoms with E-state index in [9.17, 15) is 9.59 Å². The molecule has 0 heterocycles. The maximum absolute atomic E-state index is 11.2. The summed E-state index contributed by atoms with van der Waals surface area (Å²) >= 11 is 0. The first-order valence-electron chi connectivity index (χ1n) is 5.27. The fraction of sp³-hybridized carbons (Fsp3) is 0.778. The molecule has 0 aromatic carbocycles. The summed E-state index contributed by atoms with van der Waals surface area (Å²) in [5, 5.41) is 4.58. The molecule has 0 aromatic heterocycles. The summed E-state index contributed by atoms with van der Waals surface area (Å²) in [4.78, 5) is 39.9. The van der Waals surface area contributed by atoms with Crippen LogP contribution in [0.15, 0.2) is 0 Å². The second-order valence-corrected chi connectivity index (χ2v) is 4.96. The Morgan fingerprint density at radius 3 is 2.41 bits per heavy atom. The lowest BCUT2D eigenvalue weighted by Gasteiger charge is -2.15. The minimum Gasteiger partial charge on any atom is -0.447 e. The van der Waals surface area contributed by atoms with Crippen LogP contribution in [0.2, 0.25) is 0 Å². The Hall–Kier alpha value is -0.910. The van der Waals surface area contributed by atoms with Gasteiger partial charge in [-0.25, -0.2) is 4.79 Å². The lowest BCUT2D eigenvalue weighted by Crippen LogP contribution is -2.40. The van der Waals surface area contributed by atoms with Gasteiger partial charge in [-0.15, -0.1) is 0 Å². The molecular formula is C9H19N2O5P. The second-order valence-electron chi connectivity index (χ2n) is 3.54. The monoisotopic (exact) mass is 266 g/mol. The Kier molecular flexibility index (Phi) is 7.78. The van der Waals surface area contributed by atoms with E-state index < -0.39 is 26.2 Å². The highest BCUT2D eigenvalue weighted by molar-refractivity contribution is 7.45. The van der Waals surface area contributed by atoms with Gasteiger partial charge in [0.1, 0.15) is 12.6 Å². The molecule has 2 amide bonds. The average molecular weight is 266 g/mol. The van der Waals surface area contributed by atoms with Crippen LogP contribution in [0.4, 0.5) is 4.79 Å². The van der Waals surface area contributed by atoms with E-state index in [-0.39, 0.29) is 12.6 Å². The van der Waals surface area contributed by atoms with E-state index in [1.807, 2.05) is 6.92 Å². The summed E-state index contributed by atoms with van der Waals surface area (Å²) in [6.07, 6.45) is -0.187. The van der Waals surface area contributed by atoms with Crippen LogP contribution in [-0.4, -0.2) is 40.2 Å². The van der Waals surface area contributed by atoms with Crippen molar-refractivity contribution < 1.29 is 24.1 Å². The van der Waals surface area contributed by atoms with E-state index in [0.717, 1.165) is 0 Å². The van der Waals surface area contributed by atoms with E-state index in [0.29, 0.717) is 6.42 Å². The predicted molar refractivity (Wildman–Crippen MR) is 63.2 cm³/mol. The van der Waals surface area contributed by atoms with Crippen LogP contribution < -0.4 is 10.6 Å². The van der Waals surface area contributed by atoms with Crippen LogP contribution in [0.3, 0.4) is 0 Å². The third kappa shape index (κ3) is 7.90. The SMILES string of the molecule is CCC(C)OC(=O)NCC(=O)NC(C)P(O)O. The molecule has 17 heavy (non-hydrogen) atoms. The summed E-state index contributed by atoms with van der Waals surface area (Å²) < 4.78 is 4.88. The molecule has 0 bridgehead atoms. The van der Waals surface area contributed by atoms with Gasteiger partial charge < -0.3 is 25.2 Å². The number of alkyl carbamates (subject to hydrolysis) is 1. The first kappa shape index (κ1) is 16.1. The first-order chi connectivity index (χ1) is 7.86. The van der Waals surface area contributed by atoms with Gasteiger partial charge in [0.05, 0.1) is 5.78 Å². The average Bonchev–Trinajstić information content (AvgIpc) is 2.25. The number of carbonyl (C=O) groups is 2. The van der Waals surface area contributed by atoms with E-state index >= 15 is 0 Å². The summed E-state index contributed by atoms with van der Waals surface area (Å²) in [7, 11) is -2.21. The molecule has 0 spiro atoms. The van der Waals surface area contributed by atoms with Gasteiger partial charge in [0, 0.05) is 0 Å². The van der Waals surface area contributed by atoms with Crippen molar-refractivity contribution in [3.05, 3.63) is 0 Å². The maximum Gasteiger partial charge on any atom is 0.407 e. The minimum absolute atomic E-state index is 0.209. The molecule has 0 aliphatic rings. The third-order valence-corrected chi connectivity index (χ3v) is 2.81. The van der Waals surface area contributed by atoms with Crippen molar-refractivity contribution in [1.82, 2.24) is 10.6 Å². The number of hydrogen-bond donors (Lipinski definition) is 4. The molecule has 0 aliphatic heterocycles. The van der Waals surface area contributed by atoms with Crippen LogP contribution in [0, 0.1) is 0 Å². The van der Waals surface area contributed by atoms with Crippen LogP contribution >= 0.6 is 8.38 Å². The Morgan fingerprint density at radius 1 is 1.35 bits per heavy atom. The van der Waals surface area contributed by atoms with Crippen molar-refractivity contribution in [3.8, 4) is 0 Å². The number of ether oxygens (including phenoxy) is 1. The smallest absolute Gasteiger partial charge is 0.407 e. The molecule has 7 nitrogen and oxygen atoms in total. The van der Waals surface area contributed by atoms with Gasteiger partial charge in [-0.3, -0.25) is 4.79 Å². The fourth-order valence-electron chi connectivity index (χ4n) is 0.802. The van der Waals surface area contributed by atoms with Gasteiger partial charge in [0.15, 0.2) is 8.38 Å². The Balaban J connectivity index is 3.80. The molecule has 2 unspecified atom stereocenters. The molecule has 0 radical (unpaired) electrons. The molecule has 0 fully saturated rings. The molecular weight excluding hydrogens is 247 g/mol. The summed E-state index contributed by atoms with van der Waals surface area (Å²) in [5.41, 5.74) is 0. The minimum atomic E-state index is -2.21. The molecule has 0 aromatic rings. The number of rotatable bonds is 6. The largest absolute Gasteiger partial charge is 0.447 e. The molecule has 0 saturated heterocycles. The highest BCUT2D eigenvalue weighted by atomic mass is 31.2. The standard InChI is InChI=1S/C9H19N2O5P/c1-4-6(2)16-9(13)10-5-8(12)11-7(3)17(14)15/h6-7,14-15H,4-5H2,1-3H3,(H,10,13)(H,11,12). The quantitative estimate of drug-likeness (QED) is 0.516. The van der Waals surface area contributed by atoms with Gasteiger partial charge >= 0.3 is 6.09 Å². The number of nitrogens with one attached hydrogen (secondary N) is 2. The molecule has 100 valence electrons. The van der Waals surface area contributed by atoms with Gasteiger partial charge in [0.2, 0.25) is 5.91 Å². The van der Waals surface area contributed by atoms with Crippen molar-refractivity contribution in [1.29, 1.82) is 0 Å². The normalized spacial score (nSPS) is 14.0. The zero-order valence-corrected chi connectivity index (χ0v) is 11.0. The number of hydrogen-bond acceptors (Lipinski definition) is 5. The van der Waals surface area contributed by atoms with Gasteiger partial charge in [0.25, 0.3) is 0 Å². The van der Waals surface area contributed by atoms with Crippen LogP contribution in [0.5, 0.6) is 0 Å². The molecule has 0 rings (SSSR count). The zero-order valence-electron chi connectivity index (χ0n) is 10.1. The van der Waals surface area contributed by atoms with Crippen molar-refractivity contribution in [2.75, 3.05) is 6.54 Å². The summed E-state index contributed by atoms with van der Waals surface area (Å²) in [6, 6.07) is 0. The van der Waals surface area contributed by atoms with E-state index in [2.05, 4.69) is 10.6 Å². The van der Waals surface area contributed by atoms with Crippen molar-refractivity contribution in [2.24, 2.45) is 0 Å². The third-order valence-electron chi connectivity index (χ3n) is 1.99. The van der Waals surface area contributed by atoms with Crippen LogP contribution in [0.1, 0.15) is 27.2 Å². The maximum atomic E-state index is 11.2. The highest BCUT2D eigenvalue weighted by Gasteiger charge is 2.15. The first-order valence-corrected chi connectivity index (χ1v) is 6.59. The zero-order chi connectivity index (χ0) is 13.4. The summed E-state index contributed by atoms with van der Waals surface area (Å²) in [6.45, 7) is 4.81. The highest BCUT2D eigenvalue weighted by Crippen LogP contribution is 2.27. The number of amides is 2. The predicted octanol–water partition coefficient (Wildman–Crippen LogP) is 0.270. The summed E-state index contributed by atoms with van der Waals surface area (Å²) in [5.74, 6) is -1.24. The van der Waals surface area contributed by atoms with Crippen molar-refractivity contribution in [2.45, 2.75) is 39.1 Å². The van der Waals surface area contributed by atoms with Crippen molar-refractivity contribution in [3.63, 3.8) is 0 Å². The molecule has 4 N–H and O–H groups in total. The van der Waals surface area contributed by atoms with Crippen LogP contribution in [-0.2, 0) is 9.53 Å². The lowest BCUT2D eigenvalue weighted by atomic mass is 10.3. The van der Waals surface area contributed by atoms with Crippen molar-refractivity contribution >= 4 is 20.4 Å². The van der Waals surface area contributed by atoms with E-state index in [1.54, 1.807) is 6.92 Å². The van der Waals surface area contributed by atoms with E-state index in [1.165, 1.54) is 6.92 Å². The Bertz CT molecular complexity index is 262. The number of carbonyl (C=O) groups excluding carboxylic acids is 2. The molecule has 2 atom stereocenters. The van der Waals surface area contributed by atoms with Crippen LogP contribution in [0.25, 0.3) is 0 Å². The Labute approximate surface area is 101 Å². The lowest BCUT2D eigenvalue weighted by molar-refractivity contribution is -0.120. The fourth-order valence-corrected chi connectivity index (χ4v) is 1.06. The molecule has 8 heteroatoms. The van der Waals surface area contributed by atoms with Gasteiger partial charge in [-0.05, 0) is 20.3 Å². The topological polar surface area (TPSA) is 108 Å². The van der Waals surface area contributed by atoms with E-state index in [4.69, 9.17) is 14.5 Å². The van der Waals surface area contributed by atoms with Gasteiger partial charge in [-0.1, -0.05) is 6.92 Å². The Morgan fingerprint density at radius 2 is 1.94 bits per heavy atom. The van der Waals surface area contributed by atoms with Gasteiger partial charge in [-0.2, -0.15) is 0 Å². The second kappa shape index (κ2) is 8.22. The molecule has 0 saturated carbocycles.